The third-order valence-corrected chi connectivity index (χ3v) is 1.000. The Morgan fingerprint density at radius 2 is 1.31 bits per heavy atom. The Kier molecular flexibility index (Phi) is 19.9. The van der Waals surface area contributed by atoms with E-state index in [1.807, 2.05) is 38.2 Å². The average Bonchev–Trinajstić information content (AvgIpc) is 2.18. The van der Waals surface area contributed by atoms with Crippen LogP contribution >= 0.6 is 0 Å². The summed E-state index contributed by atoms with van der Waals surface area (Å²) in [6, 6.07) is 0. The van der Waals surface area contributed by atoms with Crippen molar-refractivity contribution in [3.63, 3.8) is 0 Å². The van der Waals surface area contributed by atoms with Crippen LogP contribution in [0.25, 0.3) is 0 Å². The SMILES string of the molecule is C/C=C/COC/C=C/C.OCCO. The molecule has 0 spiro atoms. The van der Waals surface area contributed by atoms with Crippen LogP contribution in [0.5, 0.6) is 0 Å². The summed E-state index contributed by atoms with van der Waals surface area (Å²) in [7, 11) is 0. The standard InChI is InChI=1S/C8H14O.C2H6O2/c1-3-5-7-9-8-6-4-2;3-1-2-4/h3-6H,7-8H2,1-2H3;3-4H,1-2H2/b5-3+,6-4+;. The van der Waals surface area contributed by atoms with Gasteiger partial charge in [-0.2, -0.15) is 0 Å². The Hall–Kier alpha value is -0.640. The van der Waals surface area contributed by atoms with E-state index < -0.39 is 0 Å². The van der Waals surface area contributed by atoms with E-state index in [4.69, 9.17) is 14.9 Å². The molecule has 3 heteroatoms. The molecule has 0 aromatic carbocycles. The highest BCUT2D eigenvalue weighted by Crippen LogP contribution is 1.78. The summed E-state index contributed by atoms with van der Waals surface area (Å²) in [5, 5.41) is 15.2. The van der Waals surface area contributed by atoms with Crippen LogP contribution in [0.3, 0.4) is 0 Å². The van der Waals surface area contributed by atoms with E-state index in [9.17, 15) is 0 Å². The Labute approximate surface area is 80.4 Å². The molecular formula is C10H20O3. The fourth-order valence-electron chi connectivity index (χ4n) is 0.397. The molecular weight excluding hydrogens is 168 g/mol. The molecule has 0 aliphatic rings. The van der Waals surface area contributed by atoms with Crippen molar-refractivity contribution >= 4 is 0 Å². The van der Waals surface area contributed by atoms with Crippen molar-refractivity contribution in [2.45, 2.75) is 13.8 Å². The first kappa shape index (κ1) is 14.9. The summed E-state index contributed by atoms with van der Waals surface area (Å²) in [4.78, 5) is 0. The summed E-state index contributed by atoms with van der Waals surface area (Å²) in [6.45, 7) is 5.17. The fraction of sp³-hybridized carbons (Fsp3) is 0.600. The lowest BCUT2D eigenvalue weighted by Crippen LogP contribution is -1.89. The molecule has 0 saturated heterocycles. The highest BCUT2D eigenvalue weighted by molar-refractivity contribution is 4.79. The van der Waals surface area contributed by atoms with Gasteiger partial charge in [0, 0.05) is 0 Å². The van der Waals surface area contributed by atoms with E-state index in [0.29, 0.717) is 0 Å². The van der Waals surface area contributed by atoms with E-state index in [2.05, 4.69) is 0 Å². The fourth-order valence-corrected chi connectivity index (χ4v) is 0.397. The number of rotatable bonds is 5. The number of hydrogen-bond acceptors (Lipinski definition) is 3. The molecule has 0 aliphatic heterocycles. The van der Waals surface area contributed by atoms with Gasteiger partial charge in [0.2, 0.25) is 0 Å². The van der Waals surface area contributed by atoms with Crippen molar-refractivity contribution in [2.24, 2.45) is 0 Å². The zero-order chi connectivity index (χ0) is 10.4. The smallest absolute Gasteiger partial charge is 0.0662 e. The van der Waals surface area contributed by atoms with Gasteiger partial charge in [-0.3, -0.25) is 0 Å². The van der Waals surface area contributed by atoms with Gasteiger partial charge in [-0.1, -0.05) is 24.3 Å². The highest BCUT2D eigenvalue weighted by atomic mass is 16.5. The summed E-state index contributed by atoms with van der Waals surface area (Å²) in [6.07, 6.45) is 7.94. The van der Waals surface area contributed by atoms with Gasteiger partial charge in [0.15, 0.2) is 0 Å². The molecule has 0 amide bonds. The van der Waals surface area contributed by atoms with Crippen LogP contribution in [0, 0.1) is 0 Å². The first-order chi connectivity index (χ1) is 6.33. The lowest BCUT2D eigenvalue weighted by Gasteiger charge is -1.91. The van der Waals surface area contributed by atoms with Gasteiger partial charge in [0.05, 0.1) is 26.4 Å². The lowest BCUT2D eigenvalue weighted by molar-refractivity contribution is 0.186. The maximum absolute atomic E-state index is 7.62. The van der Waals surface area contributed by atoms with E-state index in [1.165, 1.54) is 0 Å². The van der Waals surface area contributed by atoms with Gasteiger partial charge >= 0.3 is 0 Å². The summed E-state index contributed by atoms with van der Waals surface area (Å²) < 4.78 is 5.14. The second-order valence-electron chi connectivity index (χ2n) is 2.12. The van der Waals surface area contributed by atoms with Gasteiger partial charge in [-0.05, 0) is 13.8 Å². The molecule has 3 nitrogen and oxygen atoms in total. The minimum atomic E-state index is -0.125. The van der Waals surface area contributed by atoms with Crippen LogP contribution < -0.4 is 0 Å². The van der Waals surface area contributed by atoms with E-state index >= 15 is 0 Å². The van der Waals surface area contributed by atoms with Gasteiger partial charge in [0.25, 0.3) is 0 Å². The molecule has 0 atom stereocenters. The summed E-state index contributed by atoms with van der Waals surface area (Å²) in [5.41, 5.74) is 0. The van der Waals surface area contributed by atoms with Crippen LogP contribution in [0.1, 0.15) is 13.8 Å². The Morgan fingerprint density at radius 3 is 1.54 bits per heavy atom. The zero-order valence-electron chi connectivity index (χ0n) is 8.44. The first-order valence-electron chi connectivity index (χ1n) is 4.35. The van der Waals surface area contributed by atoms with E-state index in [-0.39, 0.29) is 13.2 Å². The van der Waals surface area contributed by atoms with Crippen LogP contribution in [0.15, 0.2) is 24.3 Å². The molecule has 13 heavy (non-hydrogen) atoms. The lowest BCUT2D eigenvalue weighted by atomic mass is 10.5. The molecule has 0 aliphatic carbocycles. The number of ether oxygens (including phenoxy) is 1. The highest BCUT2D eigenvalue weighted by Gasteiger charge is 1.74. The molecule has 0 fully saturated rings. The third kappa shape index (κ3) is 24.6. The van der Waals surface area contributed by atoms with Crippen LogP contribution in [0.2, 0.25) is 0 Å². The molecule has 0 heterocycles. The molecule has 0 saturated carbocycles. The van der Waals surface area contributed by atoms with Crippen LogP contribution in [0.4, 0.5) is 0 Å². The van der Waals surface area contributed by atoms with Gasteiger partial charge in [0.1, 0.15) is 0 Å². The Bertz CT molecular complexity index is 105. The Balaban J connectivity index is 0. The summed E-state index contributed by atoms with van der Waals surface area (Å²) >= 11 is 0. The molecule has 0 rings (SSSR count). The zero-order valence-corrected chi connectivity index (χ0v) is 8.44. The predicted molar refractivity (Wildman–Crippen MR) is 54.6 cm³/mol. The van der Waals surface area contributed by atoms with Crippen molar-refractivity contribution < 1.29 is 14.9 Å². The topological polar surface area (TPSA) is 49.7 Å². The van der Waals surface area contributed by atoms with Crippen molar-refractivity contribution in [1.29, 1.82) is 0 Å². The molecule has 0 unspecified atom stereocenters. The largest absolute Gasteiger partial charge is 0.394 e. The predicted octanol–water partition coefficient (Wildman–Crippen LogP) is 1.13. The molecule has 0 aromatic heterocycles. The maximum Gasteiger partial charge on any atom is 0.0662 e. The van der Waals surface area contributed by atoms with Crippen molar-refractivity contribution in [2.75, 3.05) is 26.4 Å². The average molecular weight is 188 g/mol. The second-order valence-corrected chi connectivity index (χ2v) is 2.12. The van der Waals surface area contributed by atoms with Crippen LogP contribution in [-0.4, -0.2) is 36.6 Å². The third-order valence-electron chi connectivity index (χ3n) is 1.000. The molecule has 0 radical (unpaired) electrons. The van der Waals surface area contributed by atoms with E-state index in [0.717, 1.165) is 13.2 Å². The number of allylic oxidation sites excluding steroid dienone is 2. The molecule has 2 N–H and O–H groups in total. The van der Waals surface area contributed by atoms with Crippen molar-refractivity contribution in [3.05, 3.63) is 24.3 Å². The normalized spacial score (nSPS) is 10.5. The number of aliphatic hydroxyl groups excluding tert-OH is 2. The minimum Gasteiger partial charge on any atom is -0.394 e. The number of aliphatic hydroxyl groups is 2. The number of hydrogen-bond donors (Lipinski definition) is 2. The van der Waals surface area contributed by atoms with Gasteiger partial charge in [-0.15, -0.1) is 0 Å². The monoisotopic (exact) mass is 188 g/mol. The molecule has 0 bridgehead atoms. The molecule has 78 valence electrons. The van der Waals surface area contributed by atoms with Gasteiger partial charge in [-0.25, -0.2) is 0 Å². The summed E-state index contributed by atoms with van der Waals surface area (Å²) in [5.74, 6) is 0. The van der Waals surface area contributed by atoms with Crippen molar-refractivity contribution in [3.8, 4) is 0 Å². The second kappa shape index (κ2) is 17.4. The minimum absolute atomic E-state index is 0.125. The van der Waals surface area contributed by atoms with Gasteiger partial charge < -0.3 is 14.9 Å². The van der Waals surface area contributed by atoms with Crippen LogP contribution in [-0.2, 0) is 4.74 Å². The quantitative estimate of drug-likeness (QED) is 0.502. The Morgan fingerprint density at radius 1 is 0.923 bits per heavy atom. The van der Waals surface area contributed by atoms with Crippen molar-refractivity contribution in [1.82, 2.24) is 0 Å². The maximum atomic E-state index is 7.62. The van der Waals surface area contributed by atoms with E-state index in [1.54, 1.807) is 0 Å². The first-order valence-corrected chi connectivity index (χ1v) is 4.35. The molecule has 0 aromatic rings.